The fourth-order valence-corrected chi connectivity index (χ4v) is 1.65. The Morgan fingerprint density at radius 3 is 2.83 bits per heavy atom. The van der Waals surface area contributed by atoms with Crippen LogP contribution in [0, 0.1) is 16.0 Å². The molecule has 1 saturated carbocycles. The molecule has 0 bridgehead atoms. The van der Waals surface area contributed by atoms with E-state index in [0.717, 1.165) is 6.54 Å². The number of nitro groups is 1. The van der Waals surface area contributed by atoms with Crippen LogP contribution in [0.3, 0.4) is 0 Å². The van der Waals surface area contributed by atoms with Gasteiger partial charge in [-0.25, -0.2) is 4.79 Å². The van der Waals surface area contributed by atoms with Crippen LogP contribution in [0.25, 0.3) is 0 Å². The summed E-state index contributed by atoms with van der Waals surface area (Å²) in [6.07, 6.45) is 2.34. The van der Waals surface area contributed by atoms with Crippen molar-refractivity contribution >= 4 is 17.3 Å². The first-order valence-corrected chi connectivity index (χ1v) is 5.72. The molecule has 1 N–H and O–H groups in total. The van der Waals surface area contributed by atoms with Gasteiger partial charge < -0.3 is 10.1 Å². The molecule has 0 heterocycles. The van der Waals surface area contributed by atoms with E-state index < -0.39 is 10.9 Å². The maximum atomic E-state index is 11.3. The van der Waals surface area contributed by atoms with Crippen LogP contribution in [0.4, 0.5) is 11.4 Å². The highest BCUT2D eigenvalue weighted by Crippen LogP contribution is 2.31. The molecule has 0 saturated heterocycles. The lowest BCUT2D eigenvalue weighted by atomic mass is 10.1. The van der Waals surface area contributed by atoms with Crippen LogP contribution in [-0.2, 0) is 4.74 Å². The van der Waals surface area contributed by atoms with Gasteiger partial charge in [0.2, 0.25) is 0 Å². The lowest BCUT2D eigenvalue weighted by molar-refractivity contribution is -0.384. The van der Waals surface area contributed by atoms with Crippen LogP contribution in [0.1, 0.15) is 23.2 Å². The van der Waals surface area contributed by atoms with E-state index in [2.05, 4.69) is 10.1 Å². The van der Waals surface area contributed by atoms with Gasteiger partial charge in [0.05, 0.1) is 17.6 Å². The summed E-state index contributed by atoms with van der Waals surface area (Å²) in [5, 5.41) is 14.0. The Bertz CT molecular complexity index is 483. The number of benzene rings is 1. The molecule has 96 valence electrons. The molecule has 0 atom stereocenters. The molecule has 6 nitrogen and oxygen atoms in total. The number of hydrogen-bond acceptors (Lipinski definition) is 5. The number of methoxy groups -OCH3 is 1. The fourth-order valence-electron chi connectivity index (χ4n) is 1.65. The normalized spacial score (nSPS) is 14.1. The molecular formula is C12H14N2O4. The highest BCUT2D eigenvalue weighted by atomic mass is 16.6. The number of nitrogens with zero attached hydrogens (tertiary/aromatic N) is 1. The SMILES string of the molecule is COC(=O)c1ccc(NCC2CC2)c([N+](=O)[O-])c1. The van der Waals surface area contributed by atoms with Crippen molar-refractivity contribution in [1.29, 1.82) is 0 Å². The molecule has 18 heavy (non-hydrogen) atoms. The van der Waals surface area contributed by atoms with Crippen LogP contribution in [0.5, 0.6) is 0 Å². The number of hydrogen-bond donors (Lipinski definition) is 1. The lowest BCUT2D eigenvalue weighted by Crippen LogP contribution is -2.08. The Balaban J connectivity index is 2.22. The Labute approximate surface area is 104 Å². The predicted octanol–water partition coefficient (Wildman–Crippen LogP) is 2.20. The molecule has 0 radical (unpaired) electrons. The number of carbonyl (C=O) groups is 1. The largest absolute Gasteiger partial charge is 0.465 e. The molecule has 2 rings (SSSR count). The molecule has 0 amide bonds. The summed E-state index contributed by atoms with van der Waals surface area (Å²) >= 11 is 0. The molecule has 0 spiro atoms. The third-order valence-electron chi connectivity index (χ3n) is 2.89. The number of ether oxygens (including phenoxy) is 1. The highest BCUT2D eigenvalue weighted by molar-refractivity contribution is 5.91. The van der Waals surface area contributed by atoms with E-state index in [1.54, 1.807) is 6.07 Å². The summed E-state index contributed by atoms with van der Waals surface area (Å²) in [5.41, 5.74) is 0.527. The van der Waals surface area contributed by atoms with Crippen molar-refractivity contribution < 1.29 is 14.5 Å². The molecule has 1 aliphatic rings. The van der Waals surface area contributed by atoms with Crippen molar-refractivity contribution in [3.05, 3.63) is 33.9 Å². The van der Waals surface area contributed by atoms with Gasteiger partial charge in [-0.1, -0.05) is 0 Å². The van der Waals surface area contributed by atoms with E-state index in [0.29, 0.717) is 11.6 Å². The van der Waals surface area contributed by atoms with Crippen LogP contribution in [0.15, 0.2) is 18.2 Å². The van der Waals surface area contributed by atoms with Gasteiger partial charge in [0.25, 0.3) is 5.69 Å². The Morgan fingerprint density at radius 1 is 1.56 bits per heavy atom. The molecule has 1 fully saturated rings. The summed E-state index contributed by atoms with van der Waals surface area (Å²) in [6.45, 7) is 0.735. The van der Waals surface area contributed by atoms with Crippen molar-refractivity contribution in [3.8, 4) is 0 Å². The first-order valence-electron chi connectivity index (χ1n) is 5.72. The predicted molar refractivity (Wildman–Crippen MR) is 65.6 cm³/mol. The number of anilines is 1. The Kier molecular flexibility index (Phi) is 3.45. The zero-order chi connectivity index (χ0) is 13.1. The van der Waals surface area contributed by atoms with Crippen LogP contribution >= 0.6 is 0 Å². The third kappa shape index (κ3) is 2.77. The second-order valence-electron chi connectivity index (χ2n) is 4.30. The third-order valence-corrected chi connectivity index (χ3v) is 2.89. The average Bonchev–Trinajstić information content (AvgIpc) is 3.19. The van der Waals surface area contributed by atoms with Crippen molar-refractivity contribution in [3.63, 3.8) is 0 Å². The number of nitrogens with one attached hydrogen (secondary N) is 1. The first kappa shape index (κ1) is 12.3. The minimum Gasteiger partial charge on any atom is -0.465 e. The van der Waals surface area contributed by atoms with E-state index in [1.165, 1.54) is 32.1 Å². The molecule has 1 aromatic rings. The van der Waals surface area contributed by atoms with E-state index in [-0.39, 0.29) is 11.3 Å². The fraction of sp³-hybridized carbons (Fsp3) is 0.417. The second kappa shape index (κ2) is 5.03. The van der Waals surface area contributed by atoms with Crippen molar-refractivity contribution in [2.45, 2.75) is 12.8 Å². The Hall–Kier alpha value is -2.11. The maximum Gasteiger partial charge on any atom is 0.338 e. The van der Waals surface area contributed by atoms with E-state index in [4.69, 9.17) is 0 Å². The van der Waals surface area contributed by atoms with Gasteiger partial charge in [-0.3, -0.25) is 10.1 Å². The monoisotopic (exact) mass is 250 g/mol. The smallest absolute Gasteiger partial charge is 0.338 e. The molecule has 1 aromatic carbocycles. The van der Waals surface area contributed by atoms with Gasteiger partial charge in [0.1, 0.15) is 5.69 Å². The van der Waals surface area contributed by atoms with E-state index in [1.807, 2.05) is 0 Å². The lowest BCUT2D eigenvalue weighted by Gasteiger charge is -2.07. The summed E-state index contributed by atoms with van der Waals surface area (Å²) in [4.78, 5) is 21.8. The molecule has 6 heteroatoms. The zero-order valence-corrected chi connectivity index (χ0v) is 10.0. The quantitative estimate of drug-likeness (QED) is 0.492. The summed E-state index contributed by atoms with van der Waals surface area (Å²) in [5.74, 6) is 0.0386. The molecule has 0 aliphatic heterocycles. The highest BCUT2D eigenvalue weighted by Gasteiger charge is 2.23. The summed E-state index contributed by atoms with van der Waals surface area (Å²) in [7, 11) is 1.24. The number of esters is 1. The minimum atomic E-state index is -0.577. The Morgan fingerprint density at radius 2 is 2.28 bits per heavy atom. The average molecular weight is 250 g/mol. The van der Waals surface area contributed by atoms with Gasteiger partial charge >= 0.3 is 5.97 Å². The molecule has 0 unspecified atom stereocenters. The number of rotatable bonds is 5. The number of carbonyl (C=O) groups excluding carboxylic acids is 1. The topological polar surface area (TPSA) is 81.5 Å². The van der Waals surface area contributed by atoms with Gasteiger partial charge in [0.15, 0.2) is 0 Å². The van der Waals surface area contributed by atoms with E-state index in [9.17, 15) is 14.9 Å². The molecule has 0 aromatic heterocycles. The van der Waals surface area contributed by atoms with E-state index >= 15 is 0 Å². The summed E-state index contributed by atoms with van der Waals surface area (Å²) < 4.78 is 4.54. The van der Waals surface area contributed by atoms with Crippen LogP contribution < -0.4 is 5.32 Å². The first-order chi connectivity index (χ1) is 8.61. The molecule has 1 aliphatic carbocycles. The zero-order valence-electron chi connectivity index (χ0n) is 10.0. The maximum absolute atomic E-state index is 11.3. The van der Waals surface area contributed by atoms with Gasteiger partial charge in [0, 0.05) is 12.6 Å². The van der Waals surface area contributed by atoms with Gasteiger partial charge in [-0.05, 0) is 30.9 Å². The van der Waals surface area contributed by atoms with Crippen molar-refractivity contribution in [2.24, 2.45) is 5.92 Å². The van der Waals surface area contributed by atoms with Gasteiger partial charge in [-0.2, -0.15) is 0 Å². The molecular weight excluding hydrogens is 236 g/mol. The minimum absolute atomic E-state index is 0.0986. The standard InChI is InChI=1S/C12H14N2O4/c1-18-12(15)9-4-5-10(11(6-9)14(16)17)13-7-8-2-3-8/h4-6,8,13H,2-3,7H2,1H3. The van der Waals surface area contributed by atoms with Crippen molar-refractivity contribution in [1.82, 2.24) is 0 Å². The van der Waals surface area contributed by atoms with Crippen LogP contribution in [-0.4, -0.2) is 24.5 Å². The second-order valence-corrected chi connectivity index (χ2v) is 4.30. The van der Waals surface area contributed by atoms with Gasteiger partial charge in [-0.15, -0.1) is 0 Å². The van der Waals surface area contributed by atoms with Crippen molar-refractivity contribution in [2.75, 3.05) is 19.0 Å². The number of nitro benzene ring substituents is 1. The van der Waals surface area contributed by atoms with Crippen LogP contribution in [0.2, 0.25) is 0 Å². The summed E-state index contributed by atoms with van der Waals surface area (Å²) in [6, 6.07) is 4.31.